The lowest BCUT2D eigenvalue weighted by Gasteiger charge is -2.42. The Balaban J connectivity index is 1.30. The van der Waals surface area contributed by atoms with Crippen molar-refractivity contribution in [3.63, 3.8) is 0 Å². The minimum absolute atomic E-state index is 0.0296. The van der Waals surface area contributed by atoms with Crippen LogP contribution in [0.25, 0.3) is 0 Å². The first kappa shape index (κ1) is 20.8. The van der Waals surface area contributed by atoms with Gasteiger partial charge in [-0.2, -0.15) is 0 Å². The molecule has 1 aromatic heterocycles. The lowest BCUT2D eigenvalue weighted by molar-refractivity contribution is -0.152. The zero-order valence-electron chi connectivity index (χ0n) is 17.7. The van der Waals surface area contributed by atoms with E-state index in [1.54, 1.807) is 16.0 Å². The molecule has 30 heavy (non-hydrogen) atoms. The summed E-state index contributed by atoms with van der Waals surface area (Å²) in [5.74, 6) is 0.0102. The van der Waals surface area contributed by atoms with Crippen molar-refractivity contribution in [2.45, 2.75) is 57.4 Å². The van der Waals surface area contributed by atoms with E-state index in [0.717, 1.165) is 18.5 Å². The molecule has 1 aromatic rings. The van der Waals surface area contributed by atoms with Gasteiger partial charge in [0.05, 0.1) is 12.5 Å². The summed E-state index contributed by atoms with van der Waals surface area (Å²) in [6, 6.07) is 6.13. The van der Waals surface area contributed by atoms with Crippen molar-refractivity contribution in [3.8, 4) is 0 Å². The number of carbonyl (C=O) groups excluding carboxylic acids is 3. The average molecular weight is 413 g/mol. The maximum Gasteiger partial charge on any atom is 0.242 e. The molecule has 7 heteroatoms. The number of piperazine rings is 1. The lowest BCUT2D eigenvalue weighted by Crippen LogP contribution is -2.57. The van der Waals surface area contributed by atoms with Crippen LogP contribution in [0.15, 0.2) is 24.4 Å². The fraction of sp³-hybridized carbons (Fsp3) is 0.652. The topological polar surface area (TPSA) is 73.8 Å². The molecule has 1 unspecified atom stereocenters. The van der Waals surface area contributed by atoms with Gasteiger partial charge in [0.25, 0.3) is 0 Å². The summed E-state index contributed by atoms with van der Waals surface area (Å²) in [6.45, 7) is 2.47. The van der Waals surface area contributed by atoms with Crippen LogP contribution in [0.3, 0.4) is 0 Å². The molecule has 7 nitrogen and oxygen atoms in total. The van der Waals surface area contributed by atoms with E-state index in [9.17, 15) is 14.4 Å². The molecule has 1 saturated carbocycles. The lowest BCUT2D eigenvalue weighted by atomic mass is 9.93. The smallest absolute Gasteiger partial charge is 0.242 e. The van der Waals surface area contributed by atoms with Gasteiger partial charge in [0, 0.05) is 57.0 Å². The Labute approximate surface area is 178 Å². The third kappa shape index (κ3) is 4.82. The second kappa shape index (κ2) is 9.58. The van der Waals surface area contributed by atoms with E-state index in [0.29, 0.717) is 51.5 Å². The summed E-state index contributed by atoms with van der Waals surface area (Å²) in [5, 5.41) is 0. The van der Waals surface area contributed by atoms with Crippen molar-refractivity contribution in [1.82, 2.24) is 19.7 Å². The molecule has 0 aromatic carbocycles. The van der Waals surface area contributed by atoms with Gasteiger partial charge in [-0.05, 0) is 31.4 Å². The maximum atomic E-state index is 13.1. The molecular formula is C23H32N4O3. The van der Waals surface area contributed by atoms with Gasteiger partial charge in [-0.15, -0.1) is 0 Å². The summed E-state index contributed by atoms with van der Waals surface area (Å²) in [4.78, 5) is 48.0. The molecule has 1 atom stereocenters. The summed E-state index contributed by atoms with van der Waals surface area (Å²) < 4.78 is 0. The molecule has 4 rings (SSSR count). The van der Waals surface area contributed by atoms with Gasteiger partial charge < -0.3 is 14.7 Å². The Morgan fingerprint density at radius 2 is 1.87 bits per heavy atom. The van der Waals surface area contributed by atoms with Crippen LogP contribution in [-0.4, -0.2) is 76.2 Å². The number of rotatable bonds is 5. The Hall–Kier alpha value is -2.44. The summed E-state index contributed by atoms with van der Waals surface area (Å²) in [5.41, 5.74) is 0.947. The summed E-state index contributed by atoms with van der Waals surface area (Å²) >= 11 is 0. The van der Waals surface area contributed by atoms with Crippen LogP contribution in [0.4, 0.5) is 0 Å². The molecule has 0 bridgehead atoms. The molecular weight excluding hydrogens is 380 g/mol. The standard InChI is InChI=1S/C23H32N4O3/c28-21-10-9-18(16-25(21)13-11-19-6-4-5-12-24-19)23(30)26-14-15-27(22(29)17-26)20-7-2-1-3-8-20/h4-6,12,18,20H,1-3,7-11,13-17H2. The zero-order chi connectivity index (χ0) is 20.9. The Bertz CT molecular complexity index is 763. The van der Waals surface area contributed by atoms with Crippen molar-refractivity contribution in [3.05, 3.63) is 30.1 Å². The predicted molar refractivity (Wildman–Crippen MR) is 112 cm³/mol. The third-order valence-corrected chi connectivity index (χ3v) is 6.80. The van der Waals surface area contributed by atoms with Gasteiger partial charge in [0.2, 0.25) is 17.7 Å². The number of aromatic nitrogens is 1. The van der Waals surface area contributed by atoms with Crippen molar-refractivity contribution in [2.24, 2.45) is 5.92 Å². The fourth-order valence-corrected chi connectivity index (χ4v) is 5.04. The van der Waals surface area contributed by atoms with E-state index in [4.69, 9.17) is 0 Å². The number of piperidine rings is 1. The fourth-order valence-electron chi connectivity index (χ4n) is 5.04. The molecule has 3 heterocycles. The second-order valence-corrected chi connectivity index (χ2v) is 8.79. The highest BCUT2D eigenvalue weighted by Crippen LogP contribution is 2.25. The molecule has 0 spiro atoms. The van der Waals surface area contributed by atoms with Crippen LogP contribution in [0.1, 0.15) is 50.6 Å². The quantitative estimate of drug-likeness (QED) is 0.740. The van der Waals surface area contributed by atoms with E-state index < -0.39 is 0 Å². The van der Waals surface area contributed by atoms with Crippen LogP contribution in [0.2, 0.25) is 0 Å². The zero-order valence-corrected chi connectivity index (χ0v) is 17.7. The molecule has 3 fully saturated rings. The average Bonchev–Trinajstić information content (AvgIpc) is 2.79. The van der Waals surface area contributed by atoms with Crippen molar-refractivity contribution in [1.29, 1.82) is 0 Å². The SMILES string of the molecule is O=C1CCC(C(=O)N2CCN(C3CCCCC3)C(=O)C2)CN1CCc1ccccn1. The Kier molecular flexibility index (Phi) is 6.65. The molecule has 3 amide bonds. The van der Waals surface area contributed by atoms with Gasteiger partial charge in [0.1, 0.15) is 0 Å². The highest BCUT2D eigenvalue weighted by Gasteiger charge is 2.37. The Morgan fingerprint density at radius 1 is 1.03 bits per heavy atom. The number of amides is 3. The van der Waals surface area contributed by atoms with E-state index in [-0.39, 0.29) is 30.2 Å². The molecule has 0 N–H and O–H groups in total. The molecule has 3 aliphatic rings. The van der Waals surface area contributed by atoms with Crippen LogP contribution < -0.4 is 0 Å². The summed E-state index contributed by atoms with van der Waals surface area (Å²) in [6.07, 6.45) is 9.26. The number of carbonyl (C=O) groups is 3. The van der Waals surface area contributed by atoms with Gasteiger partial charge in [-0.1, -0.05) is 25.3 Å². The Morgan fingerprint density at radius 3 is 2.60 bits per heavy atom. The number of nitrogens with zero attached hydrogens (tertiary/aromatic N) is 4. The van der Waals surface area contributed by atoms with Gasteiger partial charge in [0.15, 0.2) is 0 Å². The van der Waals surface area contributed by atoms with Gasteiger partial charge >= 0.3 is 0 Å². The van der Waals surface area contributed by atoms with E-state index in [2.05, 4.69) is 4.98 Å². The number of likely N-dealkylation sites (tertiary alicyclic amines) is 1. The normalized spacial score (nSPS) is 23.7. The third-order valence-electron chi connectivity index (χ3n) is 6.80. The summed E-state index contributed by atoms with van der Waals surface area (Å²) in [7, 11) is 0. The van der Waals surface area contributed by atoms with Crippen molar-refractivity contribution in [2.75, 3.05) is 32.7 Å². The number of pyridine rings is 1. The number of hydrogen-bond acceptors (Lipinski definition) is 4. The highest BCUT2D eigenvalue weighted by atomic mass is 16.2. The minimum Gasteiger partial charge on any atom is -0.342 e. The van der Waals surface area contributed by atoms with E-state index >= 15 is 0 Å². The van der Waals surface area contributed by atoms with Crippen molar-refractivity contribution < 1.29 is 14.4 Å². The monoisotopic (exact) mass is 412 g/mol. The maximum absolute atomic E-state index is 13.1. The van der Waals surface area contributed by atoms with Gasteiger partial charge in [-0.25, -0.2) is 0 Å². The first-order valence-corrected chi connectivity index (χ1v) is 11.4. The number of hydrogen-bond donors (Lipinski definition) is 0. The van der Waals surface area contributed by atoms with Crippen LogP contribution >= 0.6 is 0 Å². The second-order valence-electron chi connectivity index (χ2n) is 8.79. The van der Waals surface area contributed by atoms with E-state index in [1.165, 1.54) is 19.3 Å². The first-order valence-electron chi connectivity index (χ1n) is 11.4. The molecule has 1 aliphatic carbocycles. The largest absolute Gasteiger partial charge is 0.342 e. The van der Waals surface area contributed by atoms with E-state index in [1.807, 2.05) is 23.1 Å². The van der Waals surface area contributed by atoms with Crippen LogP contribution in [0.5, 0.6) is 0 Å². The molecule has 0 radical (unpaired) electrons. The first-order chi connectivity index (χ1) is 14.6. The molecule has 2 saturated heterocycles. The van der Waals surface area contributed by atoms with Gasteiger partial charge in [-0.3, -0.25) is 19.4 Å². The predicted octanol–water partition coefficient (Wildman–Crippen LogP) is 1.87. The molecule has 162 valence electrons. The van der Waals surface area contributed by atoms with Crippen molar-refractivity contribution >= 4 is 17.7 Å². The minimum atomic E-state index is -0.208. The van der Waals surface area contributed by atoms with Crippen LogP contribution in [0, 0.1) is 5.92 Å². The highest BCUT2D eigenvalue weighted by molar-refractivity contribution is 5.88. The molecule has 2 aliphatic heterocycles. The van der Waals surface area contributed by atoms with Crippen LogP contribution in [-0.2, 0) is 20.8 Å².